The van der Waals surface area contributed by atoms with Gasteiger partial charge in [0.25, 0.3) is 0 Å². The lowest BCUT2D eigenvalue weighted by Crippen LogP contribution is -2.45. The van der Waals surface area contributed by atoms with Crippen molar-refractivity contribution in [3.05, 3.63) is 24.3 Å². The fourth-order valence-corrected chi connectivity index (χ4v) is 2.07. The monoisotopic (exact) mass is 160 g/mol. The molecule has 3 rings (SSSR count). The predicted octanol–water partition coefficient (Wildman–Crippen LogP) is 0.354. The molecular weight excluding hydrogens is 150 g/mol. The Morgan fingerprint density at radius 1 is 1.58 bits per heavy atom. The first-order valence-corrected chi connectivity index (χ1v) is 4.30. The van der Waals surface area contributed by atoms with E-state index >= 15 is 0 Å². The lowest BCUT2D eigenvalue weighted by molar-refractivity contribution is 0.311. The molecule has 1 aromatic rings. The molecule has 1 saturated heterocycles. The molecule has 0 amide bonds. The standard InChI is InChI=1S/C9H10N3/c1-2-10-6-12-8(1)7-3-9(7)4-11-5-9/h1-2,7,11H,3-5H2. The van der Waals surface area contributed by atoms with Gasteiger partial charge < -0.3 is 5.32 Å². The van der Waals surface area contributed by atoms with Crippen LogP contribution in [0.4, 0.5) is 0 Å². The Balaban J connectivity index is 1.85. The summed E-state index contributed by atoms with van der Waals surface area (Å²) >= 11 is 0. The van der Waals surface area contributed by atoms with Gasteiger partial charge >= 0.3 is 0 Å². The van der Waals surface area contributed by atoms with Crippen molar-refractivity contribution < 1.29 is 0 Å². The van der Waals surface area contributed by atoms with E-state index in [0.29, 0.717) is 11.3 Å². The third kappa shape index (κ3) is 0.743. The van der Waals surface area contributed by atoms with Crippen LogP contribution in [0.25, 0.3) is 0 Å². The Kier molecular flexibility index (Phi) is 1.11. The van der Waals surface area contributed by atoms with E-state index in [1.54, 1.807) is 6.20 Å². The van der Waals surface area contributed by atoms with Crippen LogP contribution in [0.3, 0.4) is 0 Å². The highest BCUT2D eigenvalue weighted by Crippen LogP contribution is 2.60. The maximum Gasteiger partial charge on any atom is 0.197 e. The fraction of sp³-hybridized carbons (Fsp3) is 0.556. The average Bonchev–Trinajstić information content (AvgIpc) is 2.80. The normalized spacial score (nSPS) is 29.8. The molecule has 1 aliphatic carbocycles. The second kappa shape index (κ2) is 2.04. The van der Waals surface area contributed by atoms with Crippen LogP contribution < -0.4 is 5.32 Å². The molecule has 1 radical (unpaired) electrons. The Labute approximate surface area is 71.2 Å². The van der Waals surface area contributed by atoms with Crippen LogP contribution in [0, 0.1) is 11.7 Å². The molecule has 1 atom stereocenters. The van der Waals surface area contributed by atoms with E-state index in [-0.39, 0.29) is 0 Å². The van der Waals surface area contributed by atoms with E-state index in [9.17, 15) is 0 Å². The zero-order chi connectivity index (χ0) is 8.02. The molecule has 3 heteroatoms. The summed E-state index contributed by atoms with van der Waals surface area (Å²) in [6.07, 6.45) is 5.72. The summed E-state index contributed by atoms with van der Waals surface area (Å²) < 4.78 is 0. The molecule has 2 fully saturated rings. The van der Waals surface area contributed by atoms with Crippen molar-refractivity contribution in [3.8, 4) is 0 Å². The lowest BCUT2D eigenvalue weighted by atomic mass is 9.95. The third-order valence-electron chi connectivity index (χ3n) is 3.06. The van der Waals surface area contributed by atoms with Crippen LogP contribution in [0.2, 0.25) is 0 Å². The van der Waals surface area contributed by atoms with Crippen LogP contribution in [-0.2, 0) is 0 Å². The van der Waals surface area contributed by atoms with Gasteiger partial charge in [-0.05, 0) is 12.5 Å². The van der Waals surface area contributed by atoms with Crippen LogP contribution in [0.1, 0.15) is 18.0 Å². The van der Waals surface area contributed by atoms with Gasteiger partial charge in [0.1, 0.15) is 0 Å². The van der Waals surface area contributed by atoms with Crippen molar-refractivity contribution in [1.82, 2.24) is 15.3 Å². The van der Waals surface area contributed by atoms with Crippen LogP contribution >= 0.6 is 0 Å². The fourth-order valence-electron chi connectivity index (χ4n) is 2.07. The topological polar surface area (TPSA) is 37.8 Å². The first kappa shape index (κ1) is 6.54. The second-order valence-corrected chi connectivity index (χ2v) is 3.80. The van der Waals surface area contributed by atoms with Crippen molar-refractivity contribution in [2.24, 2.45) is 5.41 Å². The first-order chi connectivity index (χ1) is 5.91. The maximum atomic E-state index is 4.15. The van der Waals surface area contributed by atoms with E-state index in [4.69, 9.17) is 0 Å². The van der Waals surface area contributed by atoms with Crippen molar-refractivity contribution in [2.45, 2.75) is 12.3 Å². The summed E-state index contributed by atoms with van der Waals surface area (Å²) in [5.74, 6) is 0.679. The molecule has 1 N–H and O–H groups in total. The predicted molar refractivity (Wildman–Crippen MR) is 43.5 cm³/mol. The largest absolute Gasteiger partial charge is 0.315 e. The lowest BCUT2D eigenvalue weighted by Gasteiger charge is -2.28. The van der Waals surface area contributed by atoms with Crippen molar-refractivity contribution >= 4 is 0 Å². The number of rotatable bonds is 1. The molecule has 1 aliphatic heterocycles. The van der Waals surface area contributed by atoms with Gasteiger partial charge in [0.05, 0.1) is 0 Å². The van der Waals surface area contributed by atoms with E-state index in [1.807, 2.05) is 6.07 Å². The molecule has 0 aromatic carbocycles. The molecule has 3 nitrogen and oxygen atoms in total. The number of hydrogen-bond donors (Lipinski definition) is 1. The number of aromatic nitrogens is 2. The highest BCUT2D eigenvalue weighted by molar-refractivity contribution is 5.26. The Hall–Kier alpha value is -0.960. The Morgan fingerprint density at radius 3 is 3.00 bits per heavy atom. The van der Waals surface area contributed by atoms with Crippen LogP contribution in [0.5, 0.6) is 0 Å². The van der Waals surface area contributed by atoms with Gasteiger partial charge in [0.15, 0.2) is 6.33 Å². The summed E-state index contributed by atoms with van der Waals surface area (Å²) in [6, 6.07) is 2.01. The quantitative estimate of drug-likeness (QED) is 0.644. The minimum Gasteiger partial charge on any atom is -0.315 e. The van der Waals surface area contributed by atoms with E-state index in [1.165, 1.54) is 25.2 Å². The second-order valence-electron chi connectivity index (χ2n) is 3.80. The molecule has 2 aliphatic rings. The Bertz CT molecular complexity index is 292. The summed E-state index contributed by atoms with van der Waals surface area (Å²) in [5, 5.41) is 3.31. The van der Waals surface area contributed by atoms with E-state index in [0.717, 1.165) is 0 Å². The minimum absolute atomic E-state index is 0.572. The van der Waals surface area contributed by atoms with Gasteiger partial charge in [-0.25, -0.2) is 9.97 Å². The smallest absolute Gasteiger partial charge is 0.197 e. The molecule has 2 heterocycles. The highest BCUT2D eigenvalue weighted by Gasteiger charge is 2.59. The number of hydrogen-bond acceptors (Lipinski definition) is 3. The molecule has 1 spiro atoms. The third-order valence-corrected chi connectivity index (χ3v) is 3.06. The number of nitrogens with one attached hydrogen (secondary N) is 1. The molecule has 12 heavy (non-hydrogen) atoms. The van der Waals surface area contributed by atoms with Gasteiger partial charge in [0.2, 0.25) is 0 Å². The van der Waals surface area contributed by atoms with Gasteiger partial charge in [-0.1, -0.05) is 0 Å². The maximum absolute atomic E-state index is 4.15. The minimum atomic E-state index is 0.572. The molecular formula is C9H10N3. The van der Waals surface area contributed by atoms with Crippen molar-refractivity contribution in [2.75, 3.05) is 13.1 Å². The summed E-state index contributed by atoms with van der Waals surface area (Å²) in [7, 11) is 0. The van der Waals surface area contributed by atoms with E-state index < -0.39 is 0 Å². The Morgan fingerprint density at radius 2 is 2.50 bits per heavy atom. The van der Waals surface area contributed by atoms with E-state index in [2.05, 4.69) is 21.6 Å². The van der Waals surface area contributed by atoms with Crippen molar-refractivity contribution in [3.63, 3.8) is 0 Å². The molecule has 1 saturated carbocycles. The highest BCUT2D eigenvalue weighted by atomic mass is 15.0. The zero-order valence-corrected chi connectivity index (χ0v) is 6.75. The molecule has 61 valence electrons. The van der Waals surface area contributed by atoms with Gasteiger partial charge in [-0.2, -0.15) is 0 Å². The SMILES string of the molecule is [c]1nccc(C2CC23CNC3)n1. The summed E-state index contributed by atoms with van der Waals surface area (Å²) in [4.78, 5) is 7.95. The van der Waals surface area contributed by atoms with Crippen LogP contribution in [-0.4, -0.2) is 23.1 Å². The zero-order valence-electron chi connectivity index (χ0n) is 6.75. The number of nitrogens with zero attached hydrogens (tertiary/aromatic N) is 2. The summed E-state index contributed by atoms with van der Waals surface area (Å²) in [5.41, 5.74) is 1.74. The van der Waals surface area contributed by atoms with Gasteiger partial charge in [-0.15, -0.1) is 0 Å². The summed E-state index contributed by atoms with van der Waals surface area (Å²) in [6.45, 7) is 2.34. The van der Waals surface area contributed by atoms with Crippen molar-refractivity contribution in [1.29, 1.82) is 0 Å². The van der Waals surface area contributed by atoms with Gasteiger partial charge in [0, 0.05) is 36.3 Å². The molecule has 0 bridgehead atoms. The first-order valence-electron chi connectivity index (χ1n) is 4.30. The van der Waals surface area contributed by atoms with Gasteiger partial charge in [-0.3, -0.25) is 0 Å². The van der Waals surface area contributed by atoms with Crippen LogP contribution in [0.15, 0.2) is 12.3 Å². The molecule has 1 aromatic heterocycles. The average molecular weight is 160 g/mol. The molecule has 1 unspecified atom stereocenters.